The number of pyridine rings is 2. The third kappa shape index (κ3) is 4.13. The molecule has 0 spiro atoms. The number of carbonyl (C=O) groups excluding carboxylic acids is 1. The Balaban J connectivity index is 2.08. The molecule has 2 aromatic heterocycles. The molecule has 5 nitrogen and oxygen atoms in total. The molecule has 2 aromatic rings. The second-order valence-corrected chi connectivity index (χ2v) is 4.35. The first kappa shape index (κ1) is 14.7. The highest BCUT2D eigenvalue weighted by Crippen LogP contribution is 2.05. The van der Waals surface area contributed by atoms with Gasteiger partial charge in [0, 0.05) is 24.6 Å². The first-order valence-electron chi connectivity index (χ1n) is 6.45. The van der Waals surface area contributed by atoms with Gasteiger partial charge in [0.2, 0.25) is 0 Å². The summed E-state index contributed by atoms with van der Waals surface area (Å²) in [5, 5.41) is 11.5. The minimum absolute atomic E-state index is 0.249. The molecule has 0 atom stereocenters. The van der Waals surface area contributed by atoms with Gasteiger partial charge in [0.25, 0.3) is 5.91 Å². The summed E-state index contributed by atoms with van der Waals surface area (Å²) in [5.41, 5.74) is 2.58. The quantitative estimate of drug-likeness (QED) is 0.825. The summed E-state index contributed by atoms with van der Waals surface area (Å²) >= 11 is 0. The number of nitrogens with zero attached hydrogens (tertiary/aromatic N) is 2. The van der Waals surface area contributed by atoms with Gasteiger partial charge in [0.15, 0.2) is 0 Å². The van der Waals surface area contributed by atoms with Crippen LogP contribution in [0.3, 0.4) is 0 Å². The molecule has 0 unspecified atom stereocenters. The maximum atomic E-state index is 12.1. The zero-order valence-electron chi connectivity index (χ0n) is 11.6. The van der Waals surface area contributed by atoms with Crippen LogP contribution in [0.15, 0.2) is 36.7 Å². The Labute approximate surface area is 123 Å². The van der Waals surface area contributed by atoms with Crippen molar-refractivity contribution in [2.75, 3.05) is 6.61 Å². The average molecular weight is 281 g/mol. The first-order chi connectivity index (χ1) is 10.2. The summed E-state index contributed by atoms with van der Waals surface area (Å²) in [4.78, 5) is 20.4. The van der Waals surface area contributed by atoms with E-state index < -0.39 is 0 Å². The maximum Gasteiger partial charge on any atom is 0.271 e. The predicted octanol–water partition coefficient (Wildman–Crippen LogP) is 1.06. The fourth-order valence-corrected chi connectivity index (χ4v) is 1.69. The molecule has 0 aromatic carbocycles. The number of amides is 1. The number of carbonyl (C=O) groups is 1. The normalized spacial score (nSPS) is 9.62. The lowest BCUT2D eigenvalue weighted by Gasteiger charge is -2.06. The Morgan fingerprint density at radius 2 is 2.19 bits per heavy atom. The Kier molecular flexibility index (Phi) is 5.02. The molecular formula is C16H15N3O2. The van der Waals surface area contributed by atoms with Crippen molar-refractivity contribution in [2.45, 2.75) is 13.5 Å². The largest absolute Gasteiger partial charge is 0.384 e. The Bertz CT molecular complexity index is 685. The molecule has 106 valence electrons. The van der Waals surface area contributed by atoms with Gasteiger partial charge in [-0.1, -0.05) is 17.9 Å². The summed E-state index contributed by atoms with van der Waals surface area (Å²) in [6.45, 7) is 2.02. The van der Waals surface area contributed by atoms with Gasteiger partial charge in [-0.05, 0) is 30.7 Å². The van der Waals surface area contributed by atoms with E-state index in [1.165, 1.54) is 6.20 Å². The van der Waals surface area contributed by atoms with Gasteiger partial charge in [-0.3, -0.25) is 9.78 Å². The van der Waals surface area contributed by atoms with E-state index in [0.29, 0.717) is 12.1 Å². The Morgan fingerprint density at radius 1 is 1.33 bits per heavy atom. The minimum atomic E-state index is -0.307. The molecule has 0 aliphatic heterocycles. The molecule has 0 radical (unpaired) electrons. The van der Waals surface area contributed by atoms with Crippen molar-refractivity contribution in [1.82, 2.24) is 15.3 Å². The SMILES string of the molecule is Cc1ccc(CNC(=O)c2ncccc2C#CCO)cn1. The van der Waals surface area contributed by atoms with Crippen molar-refractivity contribution in [3.05, 3.63) is 59.2 Å². The zero-order chi connectivity index (χ0) is 15.1. The summed E-state index contributed by atoms with van der Waals surface area (Å²) in [6, 6.07) is 7.19. The highest BCUT2D eigenvalue weighted by Gasteiger charge is 2.11. The van der Waals surface area contributed by atoms with Crippen LogP contribution in [0.4, 0.5) is 0 Å². The van der Waals surface area contributed by atoms with Crippen LogP contribution in [0.1, 0.15) is 27.3 Å². The van der Waals surface area contributed by atoms with E-state index >= 15 is 0 Å². The molecule has 21 heavy (non-hydrogen) atoms. The number of rotatable bonds is 3. The van der Waals surface area contributed by atoms with Crippen LogP contribution < -0.4 is 5.32 Å². The molecule has 2 heterocycles. The lowest BCUT2D eigenvalue weighted by atomic mass is 10.2. The van der Waals surface area contributed by atoms with Crippen molar-refractivity contribution < 1.29 is 9.90 Å². The van der Waals surface area contributed by atoms with Gasteiger partial charge in [-0.15, -0.1) is 0 Å². The van der Waals surface area contributed by atoms with Crippen LogP contribution in [0.25, 0.3) is 0 Å². The van der Waals surface area contributed by atoms with E-state index in [0.717, 1.165) is 11.3 Å². The summed E-state index contributed by atoms with van der Waals surface area (Å²) in [5.74, 6) is 4.92. The topological polar surface area (TPSA) is 75.1 Å². The fourth-order valence-electron chi connectivity index (χ4n) is 1.69. The van der Waals surface area contributed by atoms with Gasteiger partial charge in [0.1, 0.15) is 12.3 Å². The number of aromatic nitrogens is 2. The fraction of sp³-hybridized carbons (Fsp3) is 0.188. The Hall–Kier alpha value is -2.71. The standard InChI is InChI=1S/C16H15N3O2/c1-12-6-7-13(10-18-12)11-19-16(21)15-14(5-3-9-20)4-2-8-17-15/h2,4,6-8,10,20H,9,11H2,1H3,(H,19,21). The van der Waals surface area contributed by atoms with Crippen molar-refractivity contribution in [1.29, 1.82) is 0 Å². The highest BCUT2D eigenvalue weighted by molar-refractivity contribution is 5.94. The summed E-state index contributed by atoms with van der Waals surface area (Å²) in [6.07, 6.45) is 3.26. The molecule has 0 aliphatic carbocycles. The number of aryl methyl sites for hydroxylation is 1. The van der Waals surface area contributed by atoms with E-state index in [1.54, 1.807) is 18.3 Å². The predicted molar refractivity (Wildman–Crippen MR) is 78.3 cm³/mol. The minimum Gasteiger partial charge on any atom is -0.384 e. The second kappa shape index (κ2) is 7.17. The lowest BCUT2D eigenvalue weighted by Crippen LogP contribution is -2.24. The molecule has 2 rings (SSSR count). The van der Waals surface area contributed by atoms with Crippen molar-refractivity contribution >= 4 is 5.91 Å². The molecule has 0 fully saturated rings. The van der Waals surface area contributed by atoms with Crippen molar-refractivity contribution in [2.24, 2.45) is 0 Å². The van der Waals surface area contributed by atoms with Crippen LogP contribution in [0, 0.1) is 18.8 Å². The van der Waals surface area contributed by atoms with Crippen LogP contribution in [0.5, 0.6) is 0 Å². The molecular weight excluding hydrogens is 266 g/mol. The van der Waals surface area contributed by atoms with Gasteiger partial charge in [0.05, 0.1) is 5.56 Å². The van der Waals surface area contributed by atoms with Gasteiger partial charge in [-0.25, -0.2) is 4.98 Å². The van der Waals surface area contributed by atoms with E-state index in [2.05, 4.69) is 27.1 Å². The second-order valence-electron chi connectivity index (χ2n) is 4.35. The zero-order valence-corrected chi connectivity index (χ0v) is 11.6. The first-order valence-corrected chi connectivity index (χ1v) is 6.45. The third-order valence-electron chi connectivity index (χ3n) is 2.75. The summed E-state index contributed by atoms with van der Waals surface area (Å²) < 4.78 is 0. The number of hydrogen-bond acceptors (Lipinski definition) is 4. The van der Waals surface area contributed by atoms with Crippen LogP contribution >= 0.6 is 0 Å². The molecule has 0 saturated carbocycles. The number of aliphatic hydroxyl groups is 1. The number of aliphatic hydroxyl groups excluding tert-OH is 1. The molecule has 0 bridgehead atoms. The molecule has 1 amide bonds. The monoisotopic (exact) mass is 281 g/mol. The van der Waals surface area contributed by atoms with E-state index in [9.17, 15) is 4.79 Å². The van der Waals surface area contributed by atoms with Gasteiger partial charge in [-0.2, -0.15) is 0 Å². The van der Waals surface area contributed by atoms with Crippen LogP contribution in [-0.4, -0.2) is 27.6 Å². The third-order valence-corrected chi connectivity index (χ3v) is 2.75. The van der Waals surface area contributed by atoms with Crippen LogP contribution in [0.2, 0.25) is 0 Å². The number of hydrogen-bond donors (Lipinski definition) is 2. The van der Waals surface area contributed by atoms with Crippen LogP contribution in [-0.2, 0) is 6.54 Å². The van der Waals surface area contributed by atoms with Crippen molar-refractivity contribution in [3.8, 4) is 11.8 Å². The summed E-state index contributed by atoms with van der Waals surface area (Å²) in [7, 11) is 0. The number of nitrogens with one attached hydrogen (secondary N) is 1. The molecule has 5 heteroatoms. The average Bonchev–Trinajstić information content (AvgIpc) is 2.52. The van der Waals surface area contributed by atoms with Gasteiger partial charge >= 0.3 is 0 Å². The Morgan fingerprint density at radius 3 is 2.90 bits per heavy atom. The maximum absolute atomic E-state index is 12.1. The van der Waals surface area contributed by atoms with E-state index in [1.807, 2.05) is 19.1 Å². The molecule has 0 saturated heterocycles. The van der Waals surface area contributed by atoms with Gasteiger partial charge < -0.3 is 10.4 Å². The lowest BCUT2D eigenvalue weighted by molar-refractivity contribution is 0.0945. The molecule has 2 N–H and O–H groups in total. The van der Waals surface area contributed by atoms with E-state index in [-0.39, 0.29) is 18.2 Å². The highest BCUT2D eigenvalue weighted by atomic mass is 16.2. The van der Waals surface area contributed by atoms with Crippen molar-refractivity contribution in [3.63, 3.8) is 0 Å². The molecule has 0 aliphatic rings. The van der Waals surface area contributed by atoms with E-state index in [4.69, 9.17) is 5.11 Å². The smallest absolute Gasteiger partial charge is 0.271 e.